The van der Waals surface area contributed by atoms with Crippen molar-refractivity contribution in [1.29, 1.82) is 0 Å². The Morgan fingerprint density at radius 2 is 0.436 bits per heavy atom. The summed E-state index contributed by atoms with van der Waals surface area (Å²) in [6, 6.07) is 0. The van der Waals surface area contributed by atoms with E-state index in [1.807, 2.05) is 0 Å². The number of carboxylic acid groups (broad SMARTS) is 1. The zero-order valence-electron chi connectivity index (χ0n) is 70.9. The number of carboxylic acids is 1. The van der Waals surface area contributed by atoms with Crippen LogP contribution in [0.15, 0.2) is 48.6 Å². The fourth-order valence-electron chi connectivity index (χ4n) is 12.4. The van der Waals surface area contributed by atoms with E-state index in [2.05, 4.69) is 76.3 Å². The first kappa shape index (κ1) is 110. The fourth-order valence-corrected chi connectivity index (χ4v) is 12.7. The van der Waals surface area contributed by atoms with Gasteiger partial charge >= 0.3 is 35.8 Å². The van der Waals surface area contributed by atoms with Crippen molar-refractivity contribution < 1.29 is 72.3 Å². The van der Waals surface area contributed by atoms with Gasteiger partial charge in [-0.25, -0.2) is 0 Å². The van der Waals surface area contributed by atoms with Gasteiger partial charge in [-0.2, -0.15) is 0 Å². The zero-order chi connectivity index (χ0) is 81.2. The summed E-state index contributed by atoms with van der Waals surface area (Å²) < 4.78 is 26.9. The molecule has 0 amide bonds. The number of aliphatic hydroxyl groups is 1. The maximum Gasteiger partial charge on any atom is 0.306 e. The Morgan fingerprint density at radius 3 is 0.655 bits per heavy atom. The number of allylic oxidation sites excluding steroid dienone is 8. The van der Waals surface area contributed by atoms with Gasteiger partial charge in [0.1, 0.15) is 32.5 Å². The molecule has 0 aliphatic carbocycles. The van der Waals surface area contributed by atoms with Crippen LogP contribution < -0.4 is 0 Å². The lowest BCUT2D eigenvalue weighted by Gasteiger charge is -2.18. The summed E-state index contributed by atoms with van der Waals surface area (Å²) in [6.45, 7) is 8.53. The number of unbranched alkanes of at least 4 members (excludes halogenated alkanes) is 49. The number of rotatable bonds is 82. The van der Waals surface area contributed by atoms with Crippen LogP contribution in [-0.4, -0.2) is 95.1 Å². The highest BCUT2D eigenvalue weighted by Crippen LogP contribution is 2.18. The Kier molecular flexibility index (Phi) is 93.4. The van der Waals surface area contributed by atoms with E-state index in [-0.39, 0.29) is 76.0 Å². The molecule has 0 radical (unpaired) electrons. The zero-order valence-corrected chi connectivity index (χ0v) is 72.4. The van der Waals surface area contributed by atoms with E-state index in [0.29, 0.717) is 44.9 Å². The van der Waals surface area contributed by atoms with Crippen LogP contribution in [0.2, 0.25) is 0 Å². The number of aliphatic hydroxyl groups excluding tert-OH is 1. The molecule has 642 valence electrons. The Morgan fingerprint density at radius 1 is 0.245 bits per heavy atom. The highest BCUT2D eigenvalue weighted by atomic mass is 35.5. The van der Waals surface area contributed by atoms with Gasteiger partial charge < -0.3 is 33.9 Å². The summed E-state index contributed by atoms with van der Waals surface area (Å²) in [5, 5.41) is 17.9. The Labute approximate surface area is 683 Å². The molecule has 15 nitrogen and oxygen atoms in total. The molecule has 0 unspecified atom stereocenters. The molecular formula is C93H166Cl2O15. The molecular weight excluding hydrogens is 1430 g/mol. The lowest BCUT2D eigenvalue weighted by atomic mass is 10.1. The van der Waals surface area contributed by atoms with Crippen LogP contribution in [0.1, 0.15) is 458 Å². The third-order valence-corrected chi connectivity index (χ3v) is 19.7. The Balaban J connectivity index is -0.00000191. The molecule has 0 bridgehead atoms. The molecule has 0 aromatic rings. The van der Waals surface area contributed by atoms with Crippen molar-refractivity contribution in [3.63, 3.8) is 0 Å². The first-order valence-electron chi connectivity index (χ1n) is 45.3. The summed E-state index contributed by atoms with van der Waals surface area (Å²) in [7, 11) is 0. The number of carbonyl (C=O) groups excluding carboxylic acids is 7. The first-order valence-corrected chi connectivity index (χ1v) is 46.0. The van der Waals surface area contributed by atoms with E-state index in [0.717, 1.165) is 141 Å². The average molecular weight is 1600 g/mol. The van der Waals surface area contributed by atoms with Crippen LogP contribution in [-0.2, 0) is 62.0 Å². The van der Waals surface area contributed by atoms with Crippen LogP contribution in [0, 0.1) is 0 Å². The highest BCUT2D eigenvalue weighted by Gasteiger charge is 2.20. The van der Waals surface area contributed by atoms with Crippen LogP contribution in [0.25, 0.3) is 0 Å². The van der Waals surface area contributed by atoms with Crippen LogP contribution in [0.3, 0.4) is 0 Å². The van der Waals surface area contributed by atoms with Crippen LogP contribution in [0.5, 0.6) is 0 Å². The topological polar surface area (TPSA) is 223 Å². The SMILES string of the molecule is CCCCCCCC/C=C\CCCCCCCC(=O)OCC(COC(=O)CCCCCCC/C=C\CCCCCCCC)OC(=O)CCCCCCCCC(=O)O.CCCCCCCC/C=C\CCCCCCCC(=O)OCC(O)COC(=O)CCCCCCC/C=C\CCCCCCCC.O=C(Cl)CCCC(=O)Cl. The molecule has 0 aliphatic heterocycles. The number of aliphatic carboxylic acids is 1. The molecule has 0 fully saturated rings. The molecule has 0 aromatic carbocycles. The van der Waals surface area contributed by atoms with Gasteiger partial charge in [-0.1, -0.05) is 307 Å². The smallest absolute Gasteiger partial charge is 0.306 e. The average Bonchev–Trinajstić information content (AvgIpc) is 0.947. The number of hydrogen-bond acceptors (Lipinski definition) is 14. The fraction of sp³-hybridized carbons (Fsp3) is 0.828. The summed E-state index contributed by atoms with van der Waals surface area (Å²) >= 11 is 9.94. The van der Waals surface area contributed by atoms with Crippen molar-refractivity contribution >= 4 is 69.5 Å². The highest BCUT2D eigenvalue weighted by molar-refractivity contribution is 6.64. The third-order valence-electron chi connectivity index (χ3n) is 19.4. The molecule has 0 aromatic heterocycles. The van der Waals surface area contributed by atoms with E-state index in [4.69, 9.17) is 52.0 Å². The van der Waals surface area contributed by atoms with E-state index < -0.39 is 34.6 Å². The summed E-state index contributed by atoms with van der Waals surface area (Å²) in [6.07, 6.45) is 87.1. The number of hydrogen-bond donors (Lipinski definition) is 2. The monoisotopic (exact) mass is 1590 g/mol. The summed E-state index contributed by atoms with van der Waals surface area (Å²) in [5.41, 5.74) is 0. The van der Waals surface area contributed by atoms with E-state index in [9.17, 15) is 43.5 Å². The van der Waals surface area contributed by atoms with Crippen molar-refractivity contribution in [2.45, 2.75) is 470 Å². The molecule has 0 rings (SSSR count). The molecule has 2 N–H and O–H groups in total. The van der Waals surface area contributed by atoms with Gasteiger partial charge in [0, 0.05) is 51.4 Å². The van der Waals surface area contributed by atoms with Crippen molar-refractivity contribution in [3.05, 3.63) is 48.6 Å². The number of esters is 5. The maximum absolute atomic E-state index is 12.6. The number of carbonyl (C=O) groups is 8. The van der Waals surface area contributed by atoms with Gasteiger partial charge in [0.25, 0.3) is 0 Å². The van der Waals surface area contributed by atoms with Gasteiger partial charge in [-0.3, -0.25) is 38.4 Å². The molecule has 0 atom stereocenters. The van der Waals surface area contributed by atoms with Crippen LogP contribution in [0.4, 0.5) is 0 Å². The molecule has 17 heteroatoms. The second kappa shape index (κ2) is 93.5. The van der Waals surface area contributed by atoms with E-state index >= 15 is 0 Å². The predicted octanol–water partition coefficient (Wildman–Crippen LogP) is 27.5. The molecule has 0 heterocycles. The largest absolute Gasteiger partial charge is 0.481 e. The molecule has 0 spiro atoms. The summed E-state index contributed by atoms with van der Waals surface area (Å²) in [5.74, 6) is -2.39. The van der Waals surface area contributed by atoms with Gasteiger partial charge in [0.15, 0.2) is 6.10 Å². The quantitative estimate of drug-likeness (QED) is 0.0190. The van der Waals surface area contributed by atoms with Crippen molar-refractivity contribution in [2.75, 3.05) is 26.4 Å². The minimum absolute atomic E-state index is 0.120. The normalized spacial score (nSPS) is 11.4. The minimum Gasteiger partial charge on any atom is -0.481 e. The van der Waals surface area contributed by atoms with Crippen molar-refractivity contribution in [3.8, 4) is 0 Å². The maximum atomic E-state index is 12.6. The van der Waals surface area contributed by atoms with E-state index in [1.54, 1.807) is 0 Å². The number of ether oxygens (including phenoxy) is 5. The standard InChI is InChI=1S/C49H88O8.C39H72O5.C5H6Cl2O2/c1-3-5-7-9-11-13-15-17-19-21-23-25-27-32-36-40-47(52)55-43-45(57-49(54)42-38-34-30-29-31-35-39-46(50)51)44-56-48(53)41-37-33-28-26-24-22-20-18-16-14-12-10-8-6-4-2;1-3-5-7-9-11-13-15-17-19-21-23-25-27-29-31-33-38(41)43-35-37(40)36-44-39(42)34-32-30-28-26-24-22-20-18-16-14-12-10-8-6-4-2;6-4(8)2-1-3-5(7)9/h17-20,45H,3-16,21-44H2,1-2H3,(H,50,51);17-20,37,40H,3-16,21-36H2,1-2H3;1-3H2/b2*19-17-,20-18-;. The summed E-state index contributed by atoms with van der Waals surface area (Å²) in [4.78, 5) is 92.3. The Hall–Kier alpha value is -4.34. The van der Waals surface area contributed by atoms with Gasteiger partial charge in [-0.15, -0.1) is 0 Å². The van der Waals surface area contributed by atoms with Gasteiger partial charge in [-0.05, 0) is 171 Å². The third kappa shape index (κ3) is 99.7. The molecule has 0 saturated carbocycles. The Bertz CT molecular complexity index is 2070. The second-order valence-electron chi connectivity index (χ2n) is 30.4. The molecule has 0 saturated heterocycles. The lowest BCUT2D eigenvalue weighted by molar-refractivity contribution is -0.167. The first-order chi connectivity index (χ1) is 53.6. The number of halogens is 2. The van der Waals surface area contributed by atoms with E-state index in [1.165, 1.54) is 218 Å². The van der Waals surface area contributed by atoms with Crippen molar-refractivity contribution in [2.24, 2.45) is 0 Å². The van der Waals surface area contributed by atoms with Gasteiger partial charge in [0.05, 0.1) is 0 Å². The minimum atomic E-state index is -0.967. The second-order valence-corrected chi connectivity index (χ2v) is 31.3. The molecule has 0 aliphatic rings. The predicted molar refractivity (Wildman–Crippen MR) is 458 cm³/mol. The van der Waals surface area contributed by atoms with Crippen molar-refractivity contribution in [1.82, 2.24) is 0 Å². The van der Waals surface area contributed by atoms with Gasteiger partial charge in [0.2, 0.25) is 10.5 Å². The van der Waals surface area contributed by atoms with Crippen LogP contribution >= 0.6 is 23.2 Å². The molecule has 110 heavy (non-hydrogen) atoms. The lowest BCUT2D eigenvalue weighted by Crippen LogP contribution is -2.30.